The van der Waals surface area contributed by atoms with Crippen molar-refractivity contribution >= 4 is 35.1 Å². The minimum Gasteiger partial charge on any atom is -0.489 e. The topological polar surface area (TPSA) is 67.0 Å². The largest absolute Gasteiger partial charge is 0.489 e. The molecule has 1 amide bonds. The molecule has 2 atom stereocenters. The molecule has 7 heteroatoms. The third-order valence-electron chi connectivity index (χ3n) is 4.69. The number of anilines is 1. The molecule has 2 heterocycles. The number of thioether (sulfide) groups is 1. The van der Waals surface area contributed by atoms with Crippen LogP contribution in [0.15, 0.2) is 48.5 Å². The van der Waals surface area contributed by atoms with Crippen molar-refractivity contribution in [2.24, 2.45) is 0 Å². The van der Waals surface area contributed by atoms with Crippen molar-refractivity contribution in [3.63, 3.8) is 0 Å². The monoisotopic (exact) mass is 413 g/mol. The van der Waals surface area contributed by atoms with Crippen LogP contribution in [-0.2, 0) is 11.4 Å². The first kappa shape index (κ1) is 18.9. The van der Waals surface area contributed by atoms with Crippen LogP contribution >= 0.6 is 23.4 Å². The molecule has 0 saturated carbocycles. The van der Waals surface area contributed by atoms with Gasteiger partial charge in [0.1, 0.15) is 12.4 Å². The van der Waals surface area contributed by atoms with E-state index in [1.54, 1.807) is 11.8 Å². The normalized spacial score (nSPS) is 18.9. The molecule has 28 heavy (non-hydrogen) atoms. The van der Waals surface area contributed by atoms with Crippen molar-refractivity contribution in [1.29, 1.82) is 0 Å². The molecule has 1 aliphatic rings. The molecule has 1 aromatic heterocycles. The number of halogens is 1. The Morgan fingerprint density at radius 3 is 2.86 bits per heavy atom. The van der Waals surface area contributed by atoms with Gasteiger partial charge in [-0.15, -0.1) is 11.8 Å². The summed E-state index contributed by atoms with van der Waals surface area (Å²) in [6.07, 6.45) is 0. The fourth-order valence-corrected chi connectivity index (χ4v) is 4.82. The Morgan fingerprint density at radius 1 is 1.21 bits per heavy atom. The Bertz CT molecular complexity index is 1020. The molecule has 0 bridgehead atoms. The lowest BCUT2D eigenvalue weighted by Gasteiger charge is -2.21. The summed E-state index contributed by atoms with van der Waals surface area (Å²) < 4.78 is 6.16. The van der Waals surface area contributed by atoms with E-state index >= 15 is 0 Å². The van der Waals surface area contributed by atoms with E-state index in [1.807, 2.05) is 62.4 Å². The van der Waals surface area contributed by atoms with Gasteiger partial charge < -0.3 is 10.1 Å². The van der Waals surface area contributed by atoms with Crippen LogP contribution in [0.2, 0.25) is 5.02 Å². The lowest BCUT2D eigenvalue weighted by atomic mass is 10.0. The summed E-state index contributed by atoms with van der Waals surface area (Å²) >= 11 is 7.68. The molecular weight excluding hydrogens is 394 g/mol. The molecule has 1 aliphatic heterocycles. The zero-order valence-electron chi connectivity index (χ0n) is 15.5. The van der Waals surface area contributed by atoms with Crippen LogP contribution in [0, 0.1) is 6.92 Å². The van der Waals surface area contributed by atoms with Gasteiger partial charge in [0, 0.05) is 21.8 Å². The van der Waals surface area contributed by atoms with Crippen LogP contribution in [0.4, 0.5) is 5.82 Å². The summed E-state index contributed by atoms with van der Waals surface area (Å²) in [5, 5.41) is 10.6. The molecule has 0 fully saturated rings. The molecule has 0 saturated heterocycles. The third kappa shape index (κ3) is 3.75. The highest BCUT2D eigenvalue weighted by atomic mass is 35.5. The van der Waals surface area contributed by atoms with Crippen LogP contribution in [0.25, 0.3) is 0 Å². The molecule has 2 unspecified atom stereocenters. The number of rotatable bonds is 4. The first-order chi connectivity index (χ1) is 13.5. The number of aromatic nitrogens is 2. The van der Waals surface area contributed by atoms with Gasteiger partial charge in [0.25, 0.3) is 0 Å². The fraction of sp³-hybridized carbons (Fsp3) is 0.238. The number of carbonyl (C=O) groups is 1. The number of benzene rings is 2. The molecule has 0 spiro atoms. The zero-order chi connectivity index (χ0) is 19.7. The molecule has 2 aromatic carbocycles. The van der Waals surface area contributed by atoms with E-state index in [0.717, 1.165) is 28.1 Å². The van der Waals surface area contributed by atoms with Crippen molar-refractivity contribution in [1.82, 2.24) is 10.2 Å². The van der Waals surface area contributed by atoms with Gasteiger partial charge in [0.15, 0.2) is 5.82 Å². The van der Waals surface area contributed by atoms with Crippen molar-refractivity contribution in [2.75, 3.05) is 5.32 Å². The molecule has 0 radical (unpaired) electrons. The number of nitrogens with zero attached hydrogens (tertiary/aromatic N) is 1. The smallest absolute Gasteiger partial charge is 0.238 e. The number of hydrogen-bond acceptors (Lipinski definition) is 4. The van der Waals surface area contributed by atoms with E-state index in [0.29, 0.717) is 17.4 Å². The van der Waals surface area contributed by atoms with Gasteiger partial charge in [-0.05, 0) is 37.6 Å². The number of nitrogens with one attached hydrogen (secondary N) is 2. The quantitative estimate of drug-likeness (QED) is 0.623. The summed E-state index contributed by atoms with van der Waals surface area (Å²) in [7, 11) is 0. The van der Waals surface area contributed by atoms with E-state index in [9.17, 15) is 4.79 Å². The maximum Gasteiger partial charge on any atom is 0.238 e. The summed E-state index contributed by atoms with van der Waals surface area (Å²) in [4.78, 5) is 12.4. The first-order valence-electron chi connectivity index (χ1n) is 9.00. The maximum absolute atomic E-state index is 12.4. The zero-order valence-corrected chi connectivity index (χ0v) is 17.1. The van der Waals surface area contributed by atoms with E-state index in [1.165, 1.54) is 0 Å². The van der Waals surface area contributed by atoms with E-state index < -0.39 is 0 Å². The SMILES string of the molecule is Cc1[nH]nc2c1C(c1ccccc1OCc1cccc(Cl)c1)SC(C)C(=O)N2. The number of fused-ring (bicyclic) bond motifs is 1. The van der Waals surface area contributed by atoms with Crippen LogP contribution in [0.5, 0.6) is 5.75 Å². The molecule has 4 rings (SSSR count). The van der Waals surface area contributed by atoms with E-state index in [4.69, 9.17) is 16.3 Å². The van der Waals surface area contributed by atoms with Crippen molar-refractivity contribution in [3.8, 4) is 5.75 Å². The summed E-state index contributed by atoms with van der Waals surface area (Å²) in [5.41, 5.74) is 3.94. The Kier molecular flexibility index (Phi) is 5.33. The number of hydrogen-bond donors (Lipinski definition) is 2. The number of amides is 1. The minimum absolute atomic E-state index is 0.0439. The number of ether oxygens (including phenoxy) is 1. The van der Waals surface area contributed by atoms with Gasteiger partial charge in [0.2, 0.25) is 5.91 Å². The van der Waals surface area contributed by atoms with E-state index in [2.05, 4.69) is 15.5 Å². The average molecular weight is 414 g/mol. The number of aryl methyl sites for hydroxylation is 1. The second-order valence-corrected chi connectivity index (χ2v) is 8.60. The van der Waals surface area contributed by atoms with Crippen LogP contribution < -0.4 is 10.1 Å². The maximum atomic E-state index is 12.4. The third-order valence-corrected chi connectivity index (χ3v) is 6.31. The average Bonchev–Trinajstić information content (AvgIpc) is 2.98. The van der Waals surface area contributed by atoms with Gasteiger partial charge >= 0.3 is 0 Å². The first-order valence-corrected chi connectivity index (χ1v) is 10.3. The fourth-order valence-electron chi connectivity index (χ4n) is 3.25. The van der Waals surface area contributed by atoms with Gasteiger partial charge in [-0.3, -0.25) is 9.89 Å². The molecule has 144 valence electrons. The minimum atomic E-state index is -0.209. The molecule has 0 aliphatic carbocycles. The Hall–Kier alpha value is -2.44. The van der Waals surface area contributed by atoms with Gasteiger partial charge in [-0.2, -0.15) is 5.10 Å². The number of carbonyl (C=O) groups excluding carboxylic acids is 1. The number of aromatic amines is 1. The predicted octanol–water partition coefficient (Wildman–Crippen LogP) is 5.11. The second-order valence-electron chi connectivity index (χ2n) is 6.71. The van der Waals surface area contributed by atoms with E-state index in [-0.39, 0.29) is 16.4 Å². The predicted molar refractivity (Wildman–Crippen MR) is 113 cm³/mol. The van der Waals surface area contributed by atoms with Crippen molar-refractivity contribution in [2.45, 2.75) is 31.0 Å². The molecular formula is C21H20ClN3O2S. The van der Waals surface area contributed by atoms with Crippen molar-refractivity contribution < 1.29 is 9.53 Å². The lowest BCUT2D eigenvalue weighted by molar-refractivity contribution is -0.115. The number of para-hydroxylation sites is 1. The Labute approximate surface area is 172 Å². The van der Waals surface area contributed by atoms with Crippen LogP contribution in [-0.4, -0.2) is 21.4 Å². The highest BCUT2D eigenvalue weighted by Crippen LogP contribution is 2.47. The van der Waals surface area contributed by atoms with Crippen LogP contribution in [0.1, 0.15) is 34.6 Å². The van der Waals surface area contributed by atoms with Gasteiger partial charge in [0.05, 0.1) is 10.5 Å². The van der Waals surface area contributed by atoms with Crippen LogP contribution in [0.3, 0.4) is 0 Å². The Morgan fingerprint density at radius 2 is 2.04 bits per heavy atom. The van der Waals surface area contributed by atoms with Gasteiger partial charge in [-0.1, -0.05) is 41.9 Å². The summed E-state index contributed by atoms with van der Waals surface area (Å²) in [5.74, 6) is 1.33. The van der Waals surface area contributed by atoms with Crippen molar-refractivity contribution in [3.05, 3.63) is 75.9 Å². The highest BCUT2D eigenvalue weighted by molar-refractivity contribution is 8.01. The molecule has 2 N–H and O–H groups in total. The standard InChI is InChI=1S/C21H20ClN3O2S/c1-12-18-19(28-13(2)21(26)23-20(18)25-24-12)16-8-3-4-9-17(16)27-11-14-6-5-7-15(22)10-14/h3-10,13,19H,11H2,1-2H3,(H2,23,24,25,26). The Balaban J connectivity index is 1.69. The second kappa shape index (κ2) is 7.89. The molecule has 5 nitrogen and oxygen atoms in total. The number of H-pyrrole nitrogens is 1. The van der Waals surface area contributed by atoms with Gasteiger partial charge in [-0.25, -0.2) is 0 Å². The summed E-state index contributed by atoms with van der Waals surface area (Å²) in [6, 6.07) is 15.6. The lowest BCUT2D eigenvalue weighted by Crippen LogP contribution is -2.21. The highest BCUT2D eigenvalue weighted by Gasteiger charge is 2.33. The summed E-state index contributed by atoms with van der Waals surface area (Å²) in [6.45, 7) is 4.29. The molecule has 3 aromatic rings.